The first kappa shape index (κ1) is 15.8. The zero-order valence-electron chi connectivity index (χ0n) is 13.4. The molecule has 1 heterocycles. The molecule has 1 aliphatic rings. The first-order valence-corrected chi connectivity index (χ1v) is 7.93. The second kappa shape index (κ2) is 7.46. The van der Waals surface area contributed by atoms with Crippen molar-refractivity contribution in [3.63, 3.8) is 0 Å². The van der Waals surface area contributed by atoms with Crippen LogP contribution in [0.2, 0.25) is 0 Å². The summed E-state index contributed by atoms with van der Waals surface area (Å²) >= 11 is 0. The van der Waals surface area contributed by atoms with Gasteiger partial charge in [-0.2, -0.15) is 0 Å². The summed E-state index contributed by atoms with van der Waals surface area (Å²) in [6.07, 6.45) is 3.57. The van der Waals surface area contributed by atoms with Crippen LogP contribution in [0.3, 0.4) is 0 Å². The SMILES string of the molecule is CNC(=O)c1cccc(NC2CCCN(C(C)C)CC2)c1. The number of carbonyl (C=O) groups is 1. The summed E-state index contributed by atoms with van der Waals surface area (Å²) in [5, 5.41) is 6.26. The Morgan fingerprint density at radius 3 is 2.81 bits per heavy atom. The summed E-state index contributed by atoms with van der Waals surface area (Å²) in [6, 6.07) is 8.87. The fourth-order valence-electron chi connectivity index (χ4n) is 2.91. The van der Waals surface area contributed by atoms with Crippen LogP contribution in [-0.4, -0.2) is 43.0 Å². The van der Waals surface area contributed by atoms with Gasteiger partial charge in [-0.15, -0.1) is 0 Å². The van der Waals surface area contributed by atoms with Crippen LogP contribution in [0.15, 0.2) is 24.3 Å². The molecule has 0 aromatic heterocycles. The topological polar surface area (TPSA) is 44.4 Å². The molecule has 2 N–H and O–H groups in total. The predicted molar refractivity (Wildman–Crippen MR) is 87.8 cm³/mol. The highest BCUT2D eigenvalue weighted by atomic mass is 16.1. The molecule has 1 unspecified atom stereocenters. The van der Waals surface area contributed by atoms with Crippen molar-refractivity contribution in [2.24, 2.45) is 0 Å². The van der Waals surface area contributed by atoms with Gasteiger partial charge < -0.3 is 15.5 Å². The Bertz CT molecular complexity index is 473. The number of rotatable bonds is 4. The predicted octanol–water partition coefficient (Wildman–Crippen LogP) is 2.72. The Labute approximate surface area is 127 Å². The molecule has 1 aliphatic heterocycles. The fraction of sp³-hybridized carbons (Fsp3) is 0.588. The van der Waals surface area contributed by atoms with Crippen molar-refractivity contribution in [3.05, 3.63) is 29.8 Å². The molecule has 1 amide bonds. The van der Waals surface area contributed by atoms with Gasteiger partial charge in [0.05, 0.1) is 0 Å². The van der Waals surface area contributed by atoms with E-state index in [9.17, 15) is 4.79 Å². The molecule has 2 rings (SSSR count). The largest absolute Gasteiger partial charge is 0.382 e. The molecule has 1 aromatic carbocycles. The van der Waals surface area contributed by atoms with Crippen LogP contribution in [0, 0.1) is 0 Å². The number of likely N-dealkylation sites (tertiary alicyclic amines) is 1. The van der Waals surface area contributed by atoms with Crippen LogP contribution in [-0.2, 0) is 0 Å². The molecule has 4 heteroatoms. The third-order valence-corrected chi connectivity index (χ3v) is 4.22. The van der Waals surface area contributed by atoms with E-state index in [1.54, 1.807) is 7.05 Å². The van der Waals surface area contributed by atoms with E-state index in [0.717, 1.165) is 18.7 Å². The highest BCUT2D eigenvalue weighted by Crippen LogP contribution is 2.19. The molecule has 0 aliphatic carbocycles. The average molecular weight is 289 g/mol. The molecule has 4 nitrogen and oxygen atoms in total. The van der Waals surface area contributed by atoms with Crippen LogP contribution in [0.25, 0.3) is 0 Å². The molecule has 1 saturated heterocycles. The standard InChI is InChI=1S/C17H27N3O/c1-13(2)20-10-5-8-15(9-11-20)19-16-7-4-6-14(12-16)17(21)18-3/h4,6-7,12-13,15,19H,5,8-11H2,1-3H3,(H,18,21). The van der Waals surface area contributed by atoms with E-state index >= 15 is 0 Å². The third kappa shape index (κ3) is 4.46. The number of hydrogen-bond donors (Lipinski definition) is 2. The van der Waals surface area contributed by atoms with Crippen LogP contribution in [0.5, 0.6) is 0 Å². The highest BCUT2D eigenvalue weighted by molar-refractivity contribution is 5.94. The Morgan fingerprint density at radius 1 is 1.29 bits per heavy atom. The lowest BCUT2D eigenvalue weighted by molar-refractivity contribution is 0.0963. The summed E-state index contributed by atoms with van der Waals surface area (Å²) in [6.45, 7) is 6.86. The first-order valence-electron chi connectivity index (χ1n) is 7.93. The number of hydrogen-bond acceptors (Lipinski definition) is 3. The molecule has 0 bridgehead atoms. The van der Waals surface area contributed by atoms with Crippen molar-refractivity contribution in [2.75, 3.05) is 25.5 Å². The molecule has 21 heavy (non-hydrogen) atoms. The van der Waals surface area contributed by atoms with Gasteiger partial charge >= 0.3 is 0 Å². The Morgan fingerprint density at radius 2 is 2.10 bits per heavy atom. The van der Waals surface area contributed by atoms with Crippen molar-refractivity contribution >= 4 is 11.6 Å². The second-order valence-electron chi connectivity index (χ2n) is 6.06. The Kier molecular flexibility index (Phi) is 5.62. The lowest BCUT2D eigenvalue weighted by Gasteiger charge is -2.24. The maximum absolute atomic E-state index is 11.7. The summed E-state index contributed by atoms with van der Waals surface area (Å²) in [7, 11) is 1.66. The molecule has 0 radical (unpaired) electrons. The van der Waals surface area contributed by atoms with Gasteiger partial charge in [0.1, 0.15) is 0 Å². The van der Waals surface area contributed by atoms with Gasteiger partial charge in [0.25, 0.3) is 5.91 Å². The molecule has 1 atom stereocenters. The molecular formula is C17H27N3O. The van der Waals surface area contributed by atoms with Crippen LogP contribution < -0.4 is 10.6 Å². The molecule has 0 spiro atoms. The Hall–Kier alpha value is -1.55. The second-order valence-corrected chi connectivity index (χ2v) is 6.06. The molecule has 1 fully saturated rings. The molecule has 1 aromatic rings. The monoisotopic (exact) mass is 289 g/mol. The van der Waals surface area contributed by atoms with E-state index in [0.29, 0.717) is 17.6 Å². The van der Waals surface area contributed by atoms with E-state index in [1.165, 1.54) is 19.4 Å². The summed E-state index contributed by atoms with van der Waals surface area (Å²) in [5.74, 6) is -0.0366. The van der Waals surface area contributed by atoms with Gasteiger partial charge in [0.15, 0.2) is 0 Å². The highest BCUT2D eigenvalue weighted by Gasteiger charge is 2.18. The Balaban J connectivity index is 1.97. The number of anilines is 1. The summed E-state index contributed by atoms with van der Waals surface area (Å²) in [4.78, 5) is 14.2. The maximum Gasteiger partial charge on any atom is 0.251 e. The zero-order chi connectivity index (χ0) is 15.2. The average Bonchev–Trinajstić information content (AvgIpc) is 2.72. The first-order chi connectivity index (χ1) is 10.1. The fourth-order valence-corrected chi connectivity index (χ4v) is 2.91. The smallest absolute Gasteiger partial charge is 0.251 e. The van der Waals surface area contributed by atoms with E-state index in [1.807, 2.05) is 24.3 Å². The van der Waals surface area contributed by atoms with Crippen LogP contribution in [0.4, 0.5) is 5.69 Å². The van der Waals surface area contributed by atoms with Gasteiger partial charge in [-0.1, -0.05) is 6.07 Å². The number of carbonyl (C=O) groups excluding carboxylic acids is 1. The molecule has 116 valence electrons. The number of amides is 1. The van der Waals surface area contributed by atoms with Crippen molar-refractivity contribution in [3.8, 4) is 0 Å². The lowest BCUT2D eigenvalue weighted by Crippen LogP contribution is -2.32. The quantitative estimate of drug-likeness (QED) is 0.896. The minimum Gasteiger partial charge on any atom is -0.382 e. The van der Waals surface area contributed by atoms with Crippen LogP contribution in [0.1, 0.15) is 43.5 Å². The lowest BCUT2D eigenvalue weighted by atomic mass is 10.1. The van der Waals surface area contributed by atoms with Gasteiger partial charge in [-0.3, -0.25) is 4.79 Å². The van der Waals surface area contributed by atoms with Crippen molar-refractivity contribution in [1.82, 2.24) is 10.2 Å². The van der Waals surface area contributed by atoms with Crippen molar-refractivity contribution < 1.29 is 4.79 Å². The van der Waals surface area contributed by atoms with E-state index < -0.39 is 0 Å². The van der Waals surface area contributed by atoms with Gasteiger partial charge in [-0.25, -0.2) is 0 Å². The van der Waals surface area contributed by atoms with Crippen molar-refractivity contribution in [2.45, 2.75) is 45.2 Å². The third-order valence-electron chi connectivity index (χ3n) is 4.22. The summed E-state index contributed by atoms with van der Waals surface area (Å²) < 4.78 is 0. The maximum atomic E-state index is 11.7. The normalized spacial score (nSPS) is 20.1. The van der Waals surface area contributed by atoms with Gasteiger partial charge in [0.2, 0.25) is 0 Å². The van der Waals surface area contributed by atoms with E-state index in [4.69, 9.17) is 0 Å². The molecular weight excluding hydrogens is 262 g/mol. The van der Waals surface area contributed by atoms with E-state index in [-0.39, 0.29) is 5.91 Å². The van der Waals surface area contributed by atoms with Gasteiger partial charge in [-0.05, 0) is 57.9 Å². The number of benzene rings is 1. The van der Waals surface area contributed by atoms with E-state index in [2.05, 4.69) is 29.4 Å². The summed E-state index contributed by atoms with van der Waals surface area (Å²) in [5.41, 5.74) is 1.75. The molecule has 0 saturated carbocycles. The number of nitrogens with one attached hydrogen (secondary N) is 2. The zero-order valence-corrected chi connectivity index (χ0v) is 13.4. The van der Waals surface area contributed by atoms with Crippen LogP contribution >= 0.6 is 0 Å². The van der Waals surface area contributed by atoms with Gasteiger partial charge in [0, 0.05) is 36.9 Å². The minimum absolute atomic E-state index is 0.0366. The number of nitrogens with zero attached hydrogens (tertiary/aromatic N) is 1. The van der Waals surface area contributed by atoms with Crippen molar-refractivity contribution in [1.29, 1.82) is 0 Å². The minimum atomic E-state index is -0.0366.